The molecule has 1 heterocycles. The standard InChI is InChI=1S/C13H26N2S/c1-9(2)7-11-8-16-12(15-11)14-10(3)13(4,5)6/h9-11H,7-8H2,1-6H3,(H,14,15). The maximum atomic E-state index is 4.75. The molecule has 1 N–H and O–H groups in total. The minimum atomic E-state index is 0.291. The third-order valence-electron chi connectivity index (χ3n) is 3.09. The van der Waals surface area contributed by atoms with Crippen LogP contribution in [0.4, 0.5) is 0 Å². The van der Waals surface area contributed by atoms with E-state index >= 15 is 0 Å². The molecule has 0 aromatic heterocycles. The quantitative estimate of drug-likeness (QED) is 0.819. The fraction of sp³-hybridized carbons (Fsp3) is 0.923. The monoisotopic (exact) mass is 242 g/mol. The van der Waals surface area contributed by atoms with Crippen LogP contribution in [-0.2, 0) is 0 Å². The van der Waals surface area contributed by atoms with Gasteiger partial charge in [0.25, 0.3) is 0 Å². The first-order chi connectivity index (χ1) is 7.29. The summed E-state index contributed by atoms with van der Waals surface area (Å²) in [5, 5.41) is 4.68. The van der Waals surface area contributed by atoms with Crippen molar-refractivity contribution in [3.8, 4) is 0 Å². The van der Waals surface area contributed by atoms with Gasteiger partial charge in [-0.15, -0.1) is 0 Å². The first-order valence-corrected chi connectivity index (χ1v) is 7.24. The highest BCUT2D eigenvalue weighted by Gasteiger charge is 2.24. The first kappa shape index (κ1) is 13.9. The Bertz CT molecular complexity index is 253. The Hall–Kier alpha value is -0.180. The molecule has 16 heavy (non-hydrogen) atoms. The zero-order valence-electron chi connectivity index (χ0n) is 11.5. The largest absolute Gasteiger partial charge is 0.362 e. The minimum Gasteiger partial charge on any atom is -0.362 e. The summed E-state index contributed by atoms with van der Waals surface area (Å²) in [7, 11) is 0. The van der Waals surface area contributed by atoms with Gasteiger partial charge in [0.15, 0.2) is 5.17 Å². The smallest absolute Gasteiger partial charge is 0.157 e. The predicted molar refractivity (Wildman–Crippen MR) is 75.2 cm³/mol. The fourth-order valence-electron chi connectivity index (χ4n) is 1.56. The molecular formula is C13H26N2S. The number of nitrogens with one attached hydrogen (secondary N) is 1. The molecule has 1 rings (SSSR count). The number of thioether (sulfide) groups is 1. The summed E-state index contributed by atoms with van der Waals surface area (Å²) in [5.41, 5.74) is 0.291. The van der Waals surface area contributed by atoms with Crippen LogP contribution in [0.2, 0.25) is 0 Å². The van der Waals surface area contributed by atoms with Gasteiger partial charge in [-0.25, -0.2) is 0 Å². The summed E-state index contributed by atoms with van der Waals surface area (Å²) in [6.45, 7) is 13.6. The number of hydrogen-bond acceptors (Lipinski definition) is 3. The molecule has 0 bridgehead atoms. The fourth-order valence-corrected chi connectivity index (χ4v) is 2.61. The number of aliphatic imine (C=N–C) groups is 1. The molecule has 0 aromatic carbocycles. The van der Waals surface area contributed by atoms with Gasteiger partial charge < -0.3 is 5.32 Å². The number of amidine groups is 1. The van der Waals surface area contributed by atoms with Gasteiger partial charge in [-0.3, -0.25) is 4.99 Å². The summed E-state index contributed by atoms with van der Waals surface area (Å²) >= 11 is 1.88. The van der Waals surface area contributed by atoms with E-state index in [0.29, 0.717) is 17.5 Å². The van der Waals surface area contributed by atoms with E-state index in [1.54, 1.807) is 0 Å². The molecule has 0 aromatic rings. The van der Waals surface area contributed by atoms with Gasteiger partial charge in [0.2, 0.25) is 0 Å². The van der Waals surface area contributed by atoms with E-state index in [0.717, 1.165) is 16.8 Å². The zero-order valence-corrected chi connectivity index (χ0v) is 12.3. The van der Waals surface area contributed by atoms with Crippen molar-refractivity contribution in [2.24, 2.45) is 16.3 Å². The molecule has 3 heteroatoms. The summed E-state index contributed by atoms with van der Waals surface area (Å²) in [6, 6.07) is 0.996. The molecule has 1 aliphatic rings. The first-order valence-electron chi connectivity index (χ1n) is 6.26. The predicted octanol–water partition coefficient (Wildman–Crippen LogP) is 3.53. The normalized spacial score (nSPS) is 23.4. The molecule has 94 valence electrons. The van der Waals surface area contributed by atoms with Crippen LogP contribution < -0.4 is 5.32 Å². The van der Waals surface area contributed by atoms with Crippen LogP contribution in [0.25, 0.3) is 0 Å². The highest BCUT2D eigenvalue weighted by Crippen LogP contribution is 2.24. The lowest BCUT2D eigenvalue weighted by molar-refractivity contribution is 0.317. The second kappa shape index (κ2) is 5.44. The number of nitrogens with zero attached hydrogens (tertiary/aromatic N) is 1. The molecule has 0 radical (unpaired) electrons. The Morgan fingerprint density at radius 2 is 2.00 bits per heavy atom. The summed E-state index contributed by atoms with van der Waals surface area (Å²) in [4.78, 5) is 4.75. The summed E-state index contributed by atoms with van der Waals surface area (Å²) < 4.78 is 0. The molecule has 0 aliphatic carbocycles. The van der Waals surface area contributed by atoms with E-state index in [1.165, 1.54) is 6.42 Å². The second-order valence-corrected chi connectivity index (χ2v) is 7.27. The van der Waals surface area contributed by atoms with Gasteiger partial charge in [0.05, 0.1) is 6.04 Å². The van der Waals surface area contributed by atoms with Crippen LogP contribution in [0.1, 0.15) is 48.0 Å². The Kier molecular flexibility index (Phi) is 4.72. The second-order valence-electron chi connectivity index (χ2n) is 6.26. The lowest BCUT2D eigenvalue weighted by atomic mass is 9.88. The van der Waals surface area contributed by atoms with Crippen molar-refractivity contribution in [3.05, 3.63) is 0 Å². The van der Waals surface area contributed by atoms with Gasteiger partial charge in [0.1, 0.15) is 0 Å². The maximum absolute atomic E-state index is 4.75. The van der Waals surface area contributed by atoms with E-state index in [-0.39, 0.29) is 0 Å². The Morgan fingerprint density at radius 3 is 2.50 bits per heavy atom. The van der Waals surface area contributed by atoms with E-state index in [4.69, 9.17) is 4.99 Å². The Balaban J connectivity index is 2.45. The Labute approximate surface area is 105 Å². The van der Waals surface area contributed by atoms with Crippen molar-refractivity contribution in [1.29, 1.82) is 0 Å². The molecule has 1 aliphatic heterocycles. The average molecular weight is 242 g/mol. The van der Waals surface area contributed by atoms with Crippen LogP contribution in [0.5, 0.6) is 0 Å². The van der Waals surface area contributed by atoms with Crippen molar-refractivity contribution in [3.63, 3.8) is 0 Å². The van der Waals surface area contributed by atoms with Crippen molar-refractivity contribution >= 4 is 16.9 Å². The Morgan fingerprint density at radius 1 is 1.38 bits per heavy atom. The van der Waals surface area contributed by atoms with Crippen molar-refractivity contribution in [2.75, 3.05) is 5.75 Å². The number of rotatable bonds is 3. The van der Waals surface area contributed by atoms with E-state index in [9.17, 15) is 0 Å². The van der Waals surface area contributed by atoms with Crippen LogP contribution >= 0.6 is 11.8 Å². The molecule has 0 spiro atoms. The van der Waals surface area contributed by atoms with Gasteiger partial charge in [0, 0.05) is 11.8 Å². The SMILES string of the molecule is CC(C)CC1CSC(NC(C)C(C)(C)C)=N1. The van der Waals surface area contributed by atoms with E-state index < -0.39 is 0 Å². The zero-order chi connectivity index (χ0) is 12.3. The van der Waals surface area contributed by atoms with Crippen molar-refractivity contribution in [2.45, 2.75) is 60.0 Å². The molecule has 2 atom stereocenters. The van der Waals surface area contributed by atoms with E-state index in [1.807, 2.05) is 11.8 Å². The lowest BCUT2D eigenvalue weighted by Crippen LogP contribution is -2.39. The topological polar surface area (TPSA) is 24.4 Å². The van der Waals surface area contributed by atoms with Crippen LogP contribution in [-0.4, -0.2) is 23.0 Å². The number of hydrogen-bond donors (Lipinski definition) is 1. The molecule has 0 amide bonds. The van der Waals surface area contributed by atoms with Crippen LogP contribution in [0.3, 0.4) is 0 Å². The minimum absolute atomic E-state index is 0.291. The highest BCUT2D eigenvalue weighted by molar-refractivity contribution is 8.14. The highest BCUT2D eigenvalue weighted by atomic mass is 32.2. The molecule has 0 saturated heterocycles. The summed E-state index contributed by atoms with van der Waals surface area (Å²) in [6.07, 6.45) is 1.21. The third kappa shape index (κ3) is 4.36. The maximum Gasteiger partial charge on any atom is 0.157 e. The van der Waals surface area contributed by atoms with Crippen molar-refractivity contribution < 1.29 is 0 Å². The molecular weight excluding hydrogens is 216 g/mol. The van der Waals surface area contributed by atoms with Gasteiger partial charge >= 0.3 is 0 Å². The van der Waals surface area contributed by atoms with Gasteiger partial charge in [-0.05, 0) is 24.7 Å². The average Bonchev–Trinajstić information content (AvgIpc) is 2.49. The molecule has 2 unspecified atom stereocenters. The van der Waals surface area contributed by atoms with Crippen LogP contribution in [0, 0.1) is 11.3 Å². The molecule has 2 nitrogen and oxygen atoms in total. The summed E-state index contributed by atoms with van der Waals surface area (Å²) in [5.74, 6) is 1.89. The molecule has 0 saturated carbocycles. The van der Waals surface area contributed by atoms with Gasteiger partial charge in [-0.1, -0.05) is 46.4 Å². The lowest BCUT2D eigenvalue weighted by Gasteiger charge is -2.28. The third-order valence-corrected chi connectivity index (χ3v) is 4.14. The molecule has 0 fully saturated rings. The van der Waals surface area contributed by atoms with Gasteiger partial charge in [-0.2, -0.15) is 0 Å². The van der Waals surface area contributed by atoms with Crippen LogP contribution in [0.15, 0.2) is 4.99 Å². The van der Waals surface area contributed by atoms with Crippen molar-refractivity contribution in [1.82, 2.24) is 5.32 Å². The van der Waals surface area contributed by atoms with E-state index in [2.05, 4.69) is 46.9 Å².